The van der Waals surface area contributed by atoms with Gasteiger partial charge in [-0.05, 0) is 38.8 Å². The van der Waals surface area contributed by atoms with Crippen LogP contribution < -0.4 is 20.7 Å². The molecule has 0 saturated heterocycles. The van der Waals surface area contributed by atoms with E-state index in [1.54, 1.807) is 0 Å². The van der Waals surface area contributed by atoms with Crippen molar-refractivity contribution in [1.29, 1.82) is 0 Å². The molecule has 2 heterocycles. The molecule has 0 bridgehead atoms. The third kappa shape index (κ3) is 5.68. The summed E-state index contributed by atoms with van der Waals surface area (Å²) >= 11 is 0. The van der Waals surface area contributed by atoms with E-state index in [1.807, 2.05) is 24.3 Å². The minimum absolute atomic E-state index is 0.00942. The Kier molecular flexibility index (Phi) is 5.63. The zero-order valence-electron chi connectivity index (χ0n) is 22.6. The van der Waals surface area contributed by atoms with E-state index in [-0.39, 0.29) is 45.2 Å². The summed E-state index contributed by atoms with van der Waals surface area (Å²) in [5.74, 6) is -1.34. The first-order valence-corrected chi connectivity index (χ1v) is 12.8. The SMILES string of the molecule is [2H]C([2H])([2H])NC(=O)c1nnc(NC(=O)[C@H]2CC23CC3)cc1Nc1ncc(OCCN(C)C)cc1S(C)(=O)=O. The van der Waals surface area contributed by atoms with Crippen LogP contribution in [0.15, 0.2) is 23.2 Å². The fourth-order valence-electron chi connectivity index (χ4n) is 3.78. The molecule has 2 aliphatic rings. The Morgan fingerprint density at radius 2 is 2.06 bits per heavy atom. The van der Waals surface area contributed by atoms with Crippen LogP contribution in [0, 0.1) is 11.3 Å². The van der Waals surface area contributed by atoms with E-state index in [0.717, 1.165) is 25.5 Å². The Bertz CT molecular complexity index is 1360. The number of nitrogens with one attached hydrogen (secondary N) is 3. The highest BCUT2D eigenvalue weighted by atomic mass is 32.2. The highest BCUT2D eigenvalue weighted by Gasteiger charge is 2.65. The number of likely N-dealkylation sites (N-methyl/N-ethyl adjacent to an activating group) is 1. The lowest BCUT2D eigenvalue weighted by Gasteiger charge is -2.15. The second-order valence-electron chi connectivity index (χ2n) is 9.12. The predicted molar refractivity (Wildman–Crippen MR) is 129 cm³/mol. The van der Waals surface area contributed by atoms with Gasteiger partial charge in [0.2, 0.25) is 5.91 Å². The van der Waals surface area contributed by atoms with Gasteiger partial charge in [0, 0.05) is 41.9 Å². The number of anilines is 3. The Hall–Kier alpha value is -3.32. The van der Waals surface area contributed by atoms with Crippen LogP contribution >= 0.6 is 0 Å². The van der Waals surface area contributed by atoms with Crippen molar-refractivity contribution in [3.63, 3.8) is 0 Å². The van der Waals surface area contributed by atoms with Gasteiger partial charge in [-0.25, -0.2) is 13.4 Å². The van der Waals surface area contributed by atoms with Crippen molar-refractivity contribution in [2.45, 2.75) is 24.2 Å². The standard InChI is InChI=1S/C22H29N7O5S/c1-23-21(31)18-15(10-17(27-28-18)26-20(30)14-11-22(14)5-6-22)25-19-16(35(4,32)33)9-13(12-24-19)34-8-7-29(2)3/h9-10,12,14H,5-8,11H2,1-4H3,(H,23,31)(H2,24,25,26,27,30)/t14-/m1/s1/i1D3. The Morgan fingerprint density at radius 1 is 1.29 bits per heavy atom. The zero-order chi connectivity index (χ0) is 27.9. The first-order chi connectivity index (χ1) is 17.7. The summed E-state index contributed by atoms with van der Waals surface area (Å²) in [5.41, 5.74) is -0.438. The topological polar surface area (TPSA) is 156 Å². The smallest absolute Gasteiger partial charge is 0.273 e. The molecule has 0 aromatic carbocycles. The zero-order valence-corrected chi connectivity index (χ0v) is 20.4. The highest BCUT2D eigenvalue weighted by molar-refractivity contribution is 7.90. The highest BCUT2D eigenvalue weighted by Crippen LogP contribution is 2.70. The molecule has 0 aliphatic heterocycles. The molecular weight excluding hydrogens is 474 g/mol. The summed E-state index contributed by atoms with van der Waals surface area (Å²) in [6.07, 6.45) is 5.12. The maximum atomic E-state index is 12.7. The monoisotopic (exact) mass is 506 g/mol. The number of sulfone groups is 1. The van der Waals surface area contributed by atoms with Crippen LogP contribution in [0.25, 0.3) is 0 Å². The molecule has 4 rings (SSSR count). The van der Waals surface area contributed by atoms with Crippen LogP contribution in [0.5, 0.6) is 5.75 Å². The Balaban J connectivity index is 1.64. The molecule has 2 fully saturated rings. The third-order valence-corrected chi connectivity index (χ3v) is 7.17. The lowest BCUT2D eigenvalue weighted by Crippen LogP contribution is -2.23. The van der Waals surface area contributed by atoms with Crippen LogP contribution in [0.2, 0.25) is 0 Å². The number of carbonyl (C=O) groups is 2. The number of aromatic nitrogens is 3. The van der Waals surface area contributed by atoms with Crippen molar-refractivity contribution in [2.75, 3.05) is 51.1 Å². The minimum Gasteiger partial charge on any atom is -0.491 e. The van der Waals surface area contributed by atoms with Crippen molar-refractivity contribution >= 4 is 39.0 Å². The van der Waals surface area contributed by atoms with Gasteiger partial charge >= 0.3 is 0 Å². The largest absolute Gasteiger partial charge is 0.491 e. The van der Waals surface area contributed by atoms with Crippen molar-refractivity contribution in [3.8, 4) is 5.75 Å². The van der Waals surface area contributed by atoms with E-state index in [4.69, 9.17) is 8.85 Å². The molecule has 3 N–H and O–H groups in total. The van der Waals surface area contributed by atoms with Gasteiger partial charge in [-0.15, -0.1) is 10.2 Å². The van der Waals surface area contributed by atoms with E-state index < -0.39 is 28.4 Å². The van der Waals surface area contributed by atoms with Gasteiger partial charge in [0.05, 0.1) is 11.9 Å². The van der Waals surface area contributed by atoms with Crippen LogP contribution in [0.3, 0.4) is 0 Å². The maximum absolute atomic E-state index is 12.7. The number of hydrogen-bond acceptors (Lipinski definition) is 10. The molecule has 13 heteroatoms. The molecule has 12 nitrogen and oxygen atoms in total. The normalized spacial score (nSPS) is 19.3. The lowest BCUT2D eigenvalue weighted by atomic mass is 10.2. The second-order valence-corrected chi connectivity index (χ2v) is 11.1. The Morgan fingerprint density at radius 3 is 2.69 bits per heavy atom. The van der Waals surface area contributed by atoms with Crippen molar-refractivity contribution in [1.82, 2.24) is 25.4 Å². The summed E-state index contributed by atoms with van der Waals surface area (Å²) in [7, 11) is -0.0979. The maximum Gasteiger partial charge on any atom is 0.273 e. The minimum atomic E-state index is -3.83. The van der Waals surface area contributed by atoms with Crippen molar-refractivity contribution in [3.05, 3.63) is 24.0 Å². The first kappa shape index (κ1) is 21.0. The van der Waals surface area contributed by atoms with Gasteiger partial charge < -0.3 is 25.6 Å². The molecule has 2 amide bonds. The molecule has 2 aromatic rings. The van der Waals surface area contributed by atoms with Crippen molar-refractivity contribution < 1.29 is 26.9 Å². The average molecular weight is 507 g/mol. The van der Waals surface area contributed by atoms with Gasteiger partial charge in [-0.3, -0.25) is 9.59 Å². The number of nitrogens with zero attached hydrogens (tertiary/aromatic N) is 4. The molecule has 1 spiro atoms. The fourth-order valence-corrected chi connectivity index (χ4v) is 4.56. The van der Waals surface area contributed by atoms with Gasteiger partial charge in [-0.2, -0.15) is 0 Å². The average Bonchev–Trinajstić information content (AvgIpc) is 3.71. The fraction of sp³-hybridized carbons (Fsp3) is 0.500. The van der Waals surface area contributed by atoms with Crippen molar-refractivity contribution in [2.24, 2.45) is 11.3 Å². The summed E-state index contributed by atoms with van der Waals surface area (Å²) in [5, 5.41) is 14.9. The lowest BCUT2D eigenvalue weighted by molar-refractivity contribution is -0.117. The van der Waals surface area contributed by atoms with E-state index in [9.17, 15) is 18.0 Å². The van der Waals surface area contributed by atoms with Gasteiger partial charge in [0.15, 0.2) is 21.3 Å². The molecule has 0 radical (unpaired) electrons. The number of amides is 2. The third-order valence-electron chi connectivity index (χ3n) is 6.06. The molecule has 188 valence electrons. The molecule has 1 atom stereocenters. The van der Waals surface area contributed by atoms with Crippen LogP contribution in [0.4, 0.5) is 17.3 Å². The van der Waals surface area contributed by atoms with Gasteiger partial charge in [0.1, 0.15) is 23.1 Å². The summed E-state index contributed by atoms with van der Waals surface area (Å²) in [4.78, 5) is 31.1. The molecular formula is C22H29N7O5S. The molecule has 0 unspecified atom stereocenters. The second kappa shape index (κ2) is 9.38. The Labute approximate surface area is 208 Å². The summed E-state index contributed by atoms with van der Waals surface area (Å²) in [6.45, 7) is -1.92. The number of pyridine rings is 1. The van der Waals surface area contributed by atoms with E-state index in [0.29, 0.717) is 13.2 Å². The quantitative estimate of drug-likeness (QED) is 0.426. The predicted octanol–water partition coefficient (Wildman–Crippen LogP) is 1.06. The molecule has 2 saturated carbocycles. The van der Waals surface area contributed by atoms with E-state index in [1.165, 1.54) is 18.3 Å². The van der Waals surface area contributed by atoms with Crippen LogP contribution in [-0.4, -0.2) is 80.8 Å². The summed E-state index contributed by atoms with van der Waals surface area (Å²) in [6, 6.07) is 2.57. The number of hydrogen-bond donors (Lipinski definition) is 3. The number of carbonyl (C=O) groups excluding carboxylic acids is 2. The number of rotatable bonds is 10. The van der Waals surface area contributed by atoms with Gasteiger partial charge in [0.25, 0.3) is 5.91 Å². The molecule has 2 aliphatic carbocycles. The van der Waals surface area contributed by atoms with Crippen LogP contribution in [-0.2, 0) is 14.6 Å². The number of ether oxygens (including phenoxy) is 1. The van der Waals surface area contributed by atoms with E-state index in [2.05, 4.69) is 25.8 Å². The summed E-state index contributed by atoms with van der Waals surface area (Å²) < 4.78 is 52.7. The first-order valence-electron chi connectivity index (χ1n) is 12.4. The molecule has 35 heavy (non-hydrogen) atoms. The van der Waals surface area contributed by atoms with E-state index >= 15 is 0 Å². The van der Waals surface area contributed by atoms with Gasteiger partial charge in [-0.1, -0.05) is 0 Å². The molecule has 2 aromatic heterocycles. The van der Waals surface area contributed by atoms with Crippen LogP contribution in [0.1, 0.15) is 33.9 Å².